The highest BCUT2D eigenvalue weighted by Crippen LogP contribution is 2.36. The second-order valence-corrected chi connectivity index (χ2v) is 6.59. The predicted octanol–water partition coefficient (Wildman–Crippen LogP) is 2.83. The number of benzene rings is 1. The number of methoxy groups -OCH3 is 1. The first-order chi connectivity index (χ1) is 12.5. The van der Waals surface area contributed by atoms with E-state index in [0.29, 0.717) is 28.4 Å². The molecule has 0 unspecified atom stereocenters. The summed E-state index contributed by atoms with van der Waals surface area (Å²) >= 11 is 0. The normalized spacial score (nSPS) is 14.8. The number of nitrogens with two attached hydrogens (primary N) is 1. The van der Waals surface area contributed by atoms with Gasteiger partial charge in [0, 0.05) is 13.0 Å². The summed E-state index contributed by atoms with van der Waals surface area (Å²) in [7, 11) is 3.21. The molecule has 3 rings (SSSR count). The Balaban J connectivity index is 1.95. The molecule has 0 saturated heterocycles. The van der Waals surface area contributed by atoms with E-state index in [1.54, 1.807) is 31.3 Å². The van der Waals surface area contributed by atoms with Crippen LogP contribution < -0.4 is 15.8 Å². The van der Waals surface area contributed by atoms with Crippen molar-refractivity contribution < 1.29 is 14.3 Å². The van der Waals surface area contributed by atoms with E-state index in [-0.39, 0.29) is 11.8 Å². The molecule has 1 aromatic carbocycles. The van der Waals surface area contributed by atoms with Crippen molar-refractivity contribution in [1.29, 1.82) is 0 Å². The summed E-state index contributed by atoms with van der Waals surface area (Å²) < 4.78 is 6.76. The van der Waals surface area contributed by atoms with Crippen molar-refractivity contribution in [2.24, 2.45) is 12.8 Å². The molecular weight excluding hydrogens is 332 g/mol. The van der Waals surface area contributed by atoms with E-state index in [0.717, 1.165) is 25.7 Å². The van der Waals surface area contributed by atoms with Gasteiger partial charge in [0.2, 0.25) is 0 Å². The van der Waals surface area contributed by atoms with Gasteiger partial charge in [-0.05, 0) is 25.0 Å². The summed E-state index contributed by atoms with van der Waals surface area (Å²) in [5, 5.41) is 7.31. The lowest BCUT2D eigenvalue weighted by molar-refractivity contribution is 0.0999. The Morgan fingerprint density at radius 2 is 1.92 bits per heavy atom. The molecule has 7 heteroatoms. The number of rotatable bonds is 5. The third-order valence-corrected chi connectivity index (χ3v) is 4.90. The van der Waals surface area contributed by atoms with E-state index in [9.17, 15) is 9.59 Å². The molecule has 138 valence electrons. The van der Waals surface area contributed by atoms with Crippen LogP contribution in [0.5, 0.6) is 5.75 Å². The van der Waals surface area contributed by atoms with Gasteiger partial charge in [0.05, 0.1) is 18.4 Å². The number of aryl methyl sites for hydroxylation is 1. The van der Waals surface area contributed by atoms with Crippen molar-refractivity contribution >= 4 is 17.6 Å². The summed E-state index contributed by atoms with van der Waals surface area (Å²) in [6, 6.07) is 6.91. The largest absolute Gasteiger partial charge is 0.496 e. The molecule has 2 aromatic rings. The van der Waals surface area contributed by atoms with E-state index in [1.165, 1.54) is 18.2 Å². The molecule has 1 heterocycles. The Morgan fingerprint density at radius 1 is 1.23 bits per heavy atom. The molecular formula is C19H24N4O3. The molecule has 1 aliphatic carbocycles. The van der Waals surface area contributed by atoms with Crippen molar-refractivity contribution in [3.8, 4) is 5.75 Å². The lowest BCUT2D eigenvalue weighted by atomic mass is 9.85. The minimum absolute atomic E-state index is 0.203. The van der Waals surface area contributed by atoms with Gasteiger partial charge in [0.1, 0.15) is 17.1 Å². The van der Waals surface area contributed by atoms with Gasteiger partial charge < -0.3 is 15.8 Å². The van der Waals surface area contributed by atoms with Crippen LogP contribution >= 0.6 is 0 Å². The van der Waals surface area contributed by atoms with Gasteiger partial charge in [-0.2, -0.15) is 5.10 Å². The fraction of sp³-hybridized carbons (Fsp3) is 0.421. The molecule has 3 N–H and O–H groups in total. The Hall–Kier alpha value is -2.83. The average Bonchev–Trinajstić information content (AvgIpc) is 2.99. The minimum Gasteiger partial charge on any atom is -0.496 e. The van der Waals surface area contributed by atoms with Crippen molar-refractivity contribution in [3.63, 3.8) is 0 Å². The Kier molecular flexibility index (Phi) is 5.25. The SMILES string of the molecule is COc1ccccc1C(=O)Nc1c(C(N)=O)c(C2CCCCC2)nn1C. The number of amides is 2. The second kappa shape index (κ2) is 7.59. The molecule has 2 amide bonds. The molecule has 1 saturated carbocycles. The molecule has 1 aliphatic rings. The highest BCUT2D eigenvalue weighted by molar-refractivity contribution is 6.09. The van der Waals surface area contributed by atoms with E-state index in [2.05, 4.69) is 10.4 Å². The van der Waals surface area contributed by atoms with Crippen LogP contribution in [0.4, 0.5) is 5.82 Å². The molecule has 1 fully saturated rings. The standard InChI is InChI=1S/C19H24N4O3/c1-23-18(21-19(25)13-10-6-7-11-14(13)26-2)15(17(20)24)16(22-23)12-8-4-3-5-9-12/h6-7,10-12H,3-5,8-9H2,1-2H3,(H2,20,24)(H,21,25). The Morgan fingerprint density at radius 3 is 2.58 bits per heavy atom. The number of para-hydroxylation sites is 1. The first-order valence-electron chi connectivity index (χ1n) is 8.84. The van der Waals surface area contributed by atoms with Crippen LogP contribution in [0.1, 0.15) is 64.4 Å². The van der Waals surface area contributed by atoms with E-state index >= 15 is 0 Å². The van der Waals surface area contributed by atoms with Crippen LogP contribution in [0.2, 0.25) is 0 Å². The van der Waals surface area contributed by atoms with Crippen molar-refractivity contribution in [1.82, 2.24) is 9.78 Å². The van der Waals surface area contributed by atoms with Gasteiger partial charge in [0.15, 0.2) is 0 Å². The summed E-state index contributed by atoms with van der Waals surface area (Å²) in [5.41, 5.74) is 7.02. The number of carbonyl (C=O) groups excluding carboxylic acids is 2. The molecule has 0 bridgehead atoms. The van der Waals surface area contributed by atoms with E-state index in [4.69, 9.17) is 10.5 Å². The van der Waals surface area contributed by atoms with Gasteiger partial charge in [0.25, 0.3) is 11.8 Å². The summed E-state index contributed by atoms with van der Waals surface area (Å²) in [4.78, 5) is 24.9. The monoisotopic (exact) mass is 356 g/mol. The predicted molar refractivity (Wildman–Crippen MR) is 98.5 cm³/mol. The smallest absolute Gasteiger partial charge is 0.260 e. The van der Waals surface area contributed by atoms with Crippen LogP contribution in [0.15, 0.2) is 24.3 Å². The molecule has 0 radical (unpaired) electrons. The highest BCUT2D eigenvalue weighted by Gasteiger charge is 2.29. The lowest BCUT2D eigenvalue weighted by Crippen LogP contribution is -2.21. The molecule has 0 atom stereocenters. The summed E-state index contributed by atoms with van der Waals surface area (Å²) in [6.07, 6.45) is 5.39. The maximum Gasteiger partial charge on any atom is 0.260 e. The van der Waals surface area contributed by atoms with Gasteiger partial charge >= 0.3 is 0 Å². The first kappa shape index (κ1) is 18.0. The number of nitrogens with one attached hydrogen (secondary N) is 1. The summed E-state index contributed by atoms with van der Waals surface area (Å²) in [5.74, 6) is 0.0424. The third-order valence-electron chi connectivity index (χ3n) is 4.90. The molecule has 7 nitrogen and oxygen atoms in total. The first-order valence-corrected chi connectivity index (χ1v) is 8.84. The zero-order chi connectivity index (χ0) is 18.7. The van der Waals surface area contributed by atoms with Gasteiger partial charge in [-0.15, -0.1) is 0 Å². The Bertz CT molecular complexity index is 822. The van der Waals surface area contributed by atoms with Crippen LogP contribution in [0.3, 0.4) is 0 Å². The van der Waals surface area contributed by atoms with Crippen molar-refractivity contribution in [3.05, 3.63) is 41.1 Å². The second-order valence-electron chi connectivity index (χ2n) is 6.59. The number of hydrogen-bond acceptors (Lipinski definition) is 4. The number of ether oxygens (including phenoxy) is 1. The molecule has 1 aromatic heterocycles. The van der Waals surface area contributed by atoms with E-state index in [1.807, 2.05) is 0 Å². The van der Waals surface area contributed by atoms with Crippen LogP contribution in [0.25, 0.3) is 0 Å². The molecule has 0 spiro atoms. The Labute approximate surface area is 152 Å². The van der Waals surface area contributed by atoms with Crippen LogP contribution in [-0.4, -0.2) is 28.7 Å². The van der Waals surface area contributed by atoms with Crippen molar-refractivity contribution in [2.45, 2.75) is 38.0 Å². The highest BCUT2D eigenvalue weighted by atomic mass is 16.5. The number of nitrogens with zero attached hydrogens (tertiary/aromatic N) is 2. The third kappa shape index (κ3) is 3.42. The molecule has 0 aliphatic heterocycles. The fourth-order valence-corrected chi connectivity index (χ4v) is 3.60. The average molecular weight is 356 g/mol. The maximum atomic E-state index is 12.7. The molecule has 26 heavy (non-hydrogen) atoms. The topological polar surface area (TPSA) is 99.2 Å². The zero-order valence-corrected chi connectivity index (χ0v) is 15.1. The number of carbonyl (C=O) groups is 2. The van der Waals surface area contributed by atoms with Gasteiger partial charge in [-0.1, -0.05) is 31.4 Å². The number of aromatic nitrogens is 2. The maximum absolute atomic E-state index is 12.7. The zero-order valence-electron chi connectivity index (χ0n) is 15.1. The minimum atomic E-state index is -0.575. The number of primary amides is 1. The fourth-order valence-electron chi connectivity index (χ4n) is 3.60. The van der Waals surface area contributed by atoms with Gasteiger partial charge in [-0.25, -0.2) is 0 Å². The number of anilines is 1. The van der Waals surface area contributed by atoms with Crippen molar-refractivity contribution in [2.75, 3.05) is 12.4 Å². The lowest BCUT2D eigenvalue weighted by Gasteiger charge is -2.20. The van der Waals surface area contributed by atoms with Crippen LogP contribution in [0, 0.1) is 0 Å². The van der Waals surface area contributed by atoms with Crippen LogP contribution in [-0.2, 0) is 7.05 Å². The van der Waals surface area contributed by atoms with Gasteiger partial charge in [-0.3, -0.25) is 14.3 Å². The van der Waals surface area contributed by atoms with E-state index < -0.39 is 5.91 Å². The quantitative estimate of drug-likeness (QED) is 0.860. The summed E-state index contributed by atoms with van der Waals surface area (Å²) in [6.45, 7) is 0. The number of hydrogen-bond donors (Lipinski definition) is 2.